The minimum absolute atomic E-state index is 0.0694. The zero-order chi connectivity index (χ0) is 7.40. The number of carbonyl (C=O) groups excluding carboxylic acids is 1. The van der Waals surface area contributed by atoms with Gasteiger partial charge in [-0.2, -0.15) is 0 Å². The van der Waals surface area contributed by atoms with Gasteiger partial charge in [-0.15, -0.1) is 0 Å². The summed E-state index contributed by atoms with van der Waals surface area (Å²) in [5.41, 5.74) is 0. The van der Waals surface area contributed by atoms with Crippen molar-refractivity contribution >= 4 is 6.09 Å². The Hall–Kier alpha value is -0.770. The average molecular weight is 144 g/mol. The summed E-state index contributed by atoms with van der Waals surface area (Å²) in [6.07, 6.45) is 0.654. The summed E-state index contributed by atoms with van der Waals surface area (Å²) in [4.78, 5) is 10.6. The molecule has 0 spiro atoms. The highest BCUT2D eigenvalue weighted by Crippen LogP contribution is 2.02. The molecule has 4 heteroatoms. The highest BCUT2D eigenvalue weighted by molar-refractivity contribution is 5.66. The molecule has 0 aliphatic carbocycles. The molecule has 0 aromatic carbocycles. The summed E-state index contributed by atoms with van der Waals surface area (Å²) >= 11 is 0. The first-order valence-corrected chi connectivity index (χ1v) is 3.42. The zero-order valence-electron chi connectivity index (χ0n) is 6.02. The fraction of sp³-hybridized carbons (Fsp3) is 0.833. The Morgan fingerprint density at radius 3 is 3.10 bits per heavy atom. The van der Waals surface area contributed by atoms with Crippen molar-refractivity contribution < 1.29 is 9.53 Å². The molecule has 0 saturated carbocycles. The molecule has 0 aromatic rings. The minimum Gasteiger partial charge on any atom is -0.445 e. The Morgan fingerprint density at radius 1 is 1.80 bits per heavy atom. The van der Waals surface area contributed by atoms with E-state index in [1.165, 1.54) is 0 Å². The van der Waals surface area contributed by atoms with E-state index in [4.69, 9.17) is 4.74 Å². The SMILES string of the molecule is CNC(=O)O[C@H]1CCNC1. The van der Waals surface area contributed by atoms with Crippen molar-refractivity contribution in [2.75, 3.05) is 20.1 Å². The molecule has 1 rings (SSSR count). The van der Waals surface area contributed by atoms with Crippen LogP contribution in [0, 0.1) is 0 Å². The van der Waals surface area contributed by atoms with E-state index >= 15 is 0 Å². The molecule has 1 atom stereocenters. The molecule has 2 N–H and O–H groups in total. The van der Waals surface area contributed by atoms with Gasteiger partial charge in [0.05, 0.1) is 0 Å². The highest BCUT2D eigenvalue weighted by Gasteiger charge is 2.17. The molecule has 1 fully saturated rings. The Kier molecular flexibility index (Phi) is 2.50. The van der Waals surface area contributed by atoms with Crippen LogP contribution in [0.15, 0.2) is 0 Å². The van der Waals surface area contributed by atoms with E-state index in [0.717, 1.165) is 19.5 Å². The molecule has 1 heterocycles. The molecule has 1 aliphatic rings. The average Bonchev–Trinajstić information content (AvgIpc) is 2.40. The number of rotatable bonds is 1. The van der Waals surface area contributed by atoms with Gasteiger partial charge in [0.15, 0.2) is 0 Å². The second-order valence-electron chi connectivity index (χ2n) is 2.27. The summed E-state index contributed by atoms with van der Waals surface area (Å²) in [5, 5.41) is 5.50. The number of amides is 1. The van der Waals surface area contributed by atoms with Gasteiger partial charge >= 0.3 is 6.09 Å². The van der Waals surface area contributed by atoms with Crippen LogP contribution in [0.25, 0.3) is 0 Å². The lowest BCUT2D eigenvalue weighted by atomic mass is 10.3. The van der Waals surface area contributed by atoms with Gasteiger partial charge in [0.1, 0.15) is 6.10 Å². The van der Waals surface area contributed by atoms with Gasteiger partial charge in [-0.3, -0.25) is 0 Å². The highest BCUT2D eigenvalue weighted by atomic mass is 16.6. The third-order valence-electron chi connectivity index (χ3n) is 1.49. The first-order valence-electron chi connectivity index (χ1n) is 3.42. The molecule has 10 heavy (non-hydrogen) atoms. The second-order valence-corrected chi connectivity index (χ2v) is 2.27. The first-order chi connectivity index (χ1) is 4.83. The number of hydrogen-bond donors (Lipinski definition) is 2. The molecule has 1 saturated heterocycles. The van der Waals surface area contributed by atoms with E-state index in [1.54, 1.807) is 7.05 Å². The number of carbonyl (C=O) groups is 1. The summed E-state index contributed by atoms with van der Waals surface area (Å²) < 4.78 is 4.95. The number of alkyl carbamates (subject to hydrolysis) is 1. The first kappa shape index (κ1) is 7.34. The lowest BCUT2D eigenvalue weighted by molar-refractivity contribution is 0.109. The van der Waals surface area contributed by atoms with E-state index in [-0.39, 0.29) is 12.2 Å². The molecule has 0 bridgehead atoms. The van der Waals surface area contributed by atoms with Crippen LogP contribution in [0.2, 0.25) is 0 Å². The fourth-order valence-electron chi connectivity index (χ4n) is 0.939. The standard InChI is InChI=1S/C6H12N2O2/c1-7-6(9)10-5-2-3-8-4-5/h5,8H,2-4H2,1H3,(H,7,9)/t5-/m0/s1. The molecule has 0 aromatic heterocycles. The molecule has 58 valence electrons. The molecule has 4 nitrogen and oxygen atoms in total. The van der Waals surface area contributed by atoms with E-state index in [9.17, 15) is 4.79 Å². The van der Waals surface area contributed by atoms with E-state index in [2.05, 4.69) is 10.6 Å². The molecule has 0 radical (unpaired) electrons. The van der Waals surface area contributed by atoms with Crippen LogP contribution in [0.4, 0.5) is 4.79 Å². The zero-order valence-corrected chi connectivity index (χ0v) is 6.02. The van der Waals surface area contributed by atoms with Crippen LogP contribution in [0.1, 0.15) is 6.42 Å². The Bertz CT molecular complexity index is 121. The molecular weight excluding hydrogens is 132 g/mol. The normalized spacial score (nSPS) is 24.3. The van der Waals surface area contributed by atoms with Crippen LogP contribution in [-0.2, 0) is 4.74 Å². The smallest absolute Gasteiger partial charge is 0.407 e. The number of nitrogens with one attached hydrogen (secondary N) is 2. The van der Waals surface area contributed by atoms with Gasteiger partial charge in [-0.1, -0.05) is 0 Å². The van der Waals surface area contributed by atoms with Crippen LogP contribution in [0.5, 0.6) is 0 Å². The molecule has 1 aliphatic heterocycles. The van der Waals surface area contributed by atoms with Gasteiger partial charge in [-0.05, 0) is 13.0 Å². The Labute approximate surface area is 59.9 Å². The van der Waals surface area contributed by atoms with Crippen molar-refractivity contribution in [2.45, 2.75) is 12.5 Å². The van der Waals surface area contributed by atoms with Gasteiger partial charge in [0.2, 0.25) is 0 Å². The molecule has 0 unspecified atom stereocenters. The fourth-order valence-corrected chi connectivity index (χ4v) is 0.939. The van der Waals surface area contributed by atoms with Gasteiger partial charge in [-0.25, -0.2) is 4.79 Å². The Balaban J connectivity index is 2.17. The van der Waals surface area contributed by atoms with Crippen molar-refractivity contribution in [3.05, 3.63) is 0 Å². The van der Waals surface area contributed by atoms with Crippen molar-refractivity contribution in [2.24, 2.45) is 0 Å². The van der Waals surface area contributed by atoms with E-state index in [1.807, 2.05) is 0 Å². The van der Waals surface area contributed by atoms with Gasteiger partial charge in [0, 0.05) is 13.6 Å². The van der Waals surface area contributed by atoms with Gasteiger partial charge < -0.3 is 15.4 Å². The number of ether oxygens (including phenoxy) is 1. The predicted molar refractivity (Wildman–Crippen MR) is 36.8 cm³/mol. The monoisotopic (exact) mass is 144 g/mol. The van der Waals surface area contributed by atoms with Crippen molar-refractivity contribution in [3.63, 3.8) is 0 Å². The maximum atomic E-state index is 10.6. The molecular formula is C6H12N2O2. The summed E-state index contributed by atoms with van der Waals surface area (Å²) in [7, 11) is 1.56. The lowest BCUT2D eigenvalue weighted by Crippen LogP contribution is -2.27. The van der Waals surface area contributed by atoms with Gasteiger partial charge in [0.25, 0.3) is 0 Å². The summed E-state index contributed by atoms with van der Waals surface area (Å²) in [5.74, 6) is 0. The van der Waals surface area contributed by atoms with E-state index < -0.39 is 0 Å². The topological polar surface area (TPSA) is 50.4 Å². The van der Waals surface area contributed by atoms with Crippen LogP contribution in [-0.4, -0.2) is 32.3 Å². The van der Waals surface area contributed by atoms with E-state index in [0.29, 0.717) is 0 Å². The predicted octanol–water partition coefficient (Wildman–Crippen LogP) is -0.296. The van der Waals surface area contributed by atoms with Crippen LogP contribution >= 0.6 is 0 Å². The minimum atomic E-state index is -0.339. The van der Waals surface area contributed by atoms with Crippen molar-refractivity contribution in [3.8, 4) is 0 Å². The molecule has 1 amide bonds. The maximum Gasteiger partial charge on any atom is 0.407 e. The number of hydrogen-bond acceptors (Lipinski definition) is 3. The third kappa shape index (κ3) is 1.88. The van der Waals surface area contributed by atoms with Crippen LogP contribution in [0.3, 0.4) is 0 Å². The maximum absolute atomic E-state index is 10.6. The summed E-state index contributed by atoms with van der Waals surface area (Å²) in [6.45, 7) is 1.73. The van der Waals surface area contributed by atoms with Crippen LogP contribution < -0.4 is 10.6 Å². The van der Waals surface area contributed by atoms with Crippen molar-refractivity contribution in [1.82, 2.24) is 10.6 Å². The third-order valence-corrected chi connectivity index (χ3v) is 1.49. The van der Waals surface area contributed by atoms with Crippen molar-refractivity contribution in [1.29, 1.82) is 0 Å². The lowest BCUT2D eigenvalue weighted by Gasteiger charge is -2.08. The Morgan fingerprint density at radius 2 is 2.60 bits per heavy atom. The quantitative estimate of drug-likeness (QED) is 0.531. The largest absolute Gasteiger partial charge is 0.445 e. The summed E-state index contributed by atoms with van der Waals surface area (Å²) in [6, 6.07) is 0. The second kappa shape index (κ2) is 3.41.